The monoisotopic (exact) mass is 457 g/mol. The lowest BCUT2D eigenvalue weighted by Gasteiger charge is -2.07. The van der Waals surface area contributed by atoms with Crippen molar-refractivity contribution in [2.24, 2.45) is 0 Å². The number of carbonyl (C=O) groups is 2. The fraction of sp³-hybridized carbons (Fsp3) is 0.261. The van der Waals surface area contributed by atoms with Crippen molar-refractivity contribution < 1.29 is 14.3 Å². The van der Waals surface area contributed by atoms with E-state index in [2.05, 4.69) is 21.7 Å². The van der Waals surface area contributed by atoms with Crippen molar-refractivity contribution in [1.29, 1.82) is 0 Å². The van der Waals surface area contributed by atoms with E-state index in [1.54, 1.807) is 29.6 Å². The Kier molecular flexibility index (Phi) is 8.03. The Bertz CT molecular complexity index is 1050. The molecule has 3 rings (SSSR count). The molecule has 2 aromatic carbocycles. The van der Waals surface area contributed by atoms with Crippen LogP contribution in [0.1, 0.15) is 43.4 Å². The summed E-state index contributed by atoms with van der Waals surface area (Å²) in [6.45, 7) is 5.21. The zero-order valence-corrected chi connectivity index (χ0v) is 19.0. The average molecular weight is 458 g/mol. The fourth-order valence-electron chi connectivity index (χ4n) is 2.97. The minimum Gasteiger partial charge on any atom is -0.486 e. The molecule has 0 aliphatic heterocycles. The van der Waals surface area contributed by atoms with Gasteiger partial charge in [0.15, 0.2) is 0 Å². The molecule has 0 radical (unpaired) electrons. The molecular formula is C23H24ClN3O3S. The van der Waals surface area contributed by atoms with Crippen LogP contribution in [0.5, 0.6) is 5.75 Å². The predicted molar refractivity (Wildman–Crippen MR) is 123 cm³/mol. The number of thiazole rings is 1. The minimum absolute atomic E-state index is 0.232. The lowest BCUT2D eigenvalue weighted by atomic mass is 10.1. The molecule has 162 valence electrons. The smallest absolute Gasteiger partial charge is 0.270 e. The summed E-state index contributed by atoms with van der Waals surface area (Å²) in [4.78, 5) is 28.7. The van der Waals surface area contributed by atoms with E-state index in [4.69, 9.17) is 16.3 Å². The highest BCUT2D eigenvalue weighted by atomic mass is 35.5. The number of benzene rings is 2. The number of hydrogen-bond acceptors (Lipinski definition) is 5. The van der Waals surface area contributed by atoms with Crippen LogP contribution in [0.25, 0.3) is 0 Å². The first-order valence-electron chi connectivity index (χ1n) is 9.89. The normalized spacial score (nSPS) is 10.5. The lowest BCUT2D eigenvalue weighted by Crippen LogP contribution is -2.30. The Morgan fingerprint density at radius 1 is 1.03 bits per heavy atom. The van der Waals surface area contributed by atoms with E-state index in [-0.39, 0.29) is 11.8 Å². The first kappa shape index (κ1) is 22.8. The number of carbonyl (C=O) groups excluding carboxylic acids is 2. The van der Waals surface area contributed by atoms with Crippen LogP contribution in [0.4, 0.5) is 0 Å². The number of nitrogens with one attached hydrogen (secondary N) is 2. The Hall–Kier alpha value is -2.90. The van der Waals surface area contributed by atoms with Gasteiger partial charge in [-0.25, -0.2) is 4.98 Å². The highest BCUT2D eigenvalue weighted by Crippen LogP contribution is 2.19. The van der Waals surface area contributed by atoms with Gasteiger partial charge in [-0.1, -0.05) is 29.8 Å². The standard InChI is InChI=1S/C23H24ClN3O3S/c1-15-10-16(2)12-17(11-15)30-13-21-27-20(14-31-21)23(29)26-9-5-8-25-22(28)18-6-3-4-7-19(18)24/h3-4,6-7,10-12,14H,5,8-9,13H2,1-2H3,(H,25,28)(H,26,29). The van der Waals surface area contributed by atoms with Gasteiger partial charge in [0.25, 0.3) is 11.8 Å². The van der Waals surface area contributed by atoms with Gasteiger partial charge in [-0.2, -0.15) is 0 Å². The van der Waals surface area contributed by atoms with Crippen LogP contribution in [-0.4, -0.2) is 29.9 Å². The Morgan fingerprint density at radius 2 is 1.71 bits per heavy atom. The van der Waals surface area contributed by atoms with Gasteiger partial charge in [0.1, 0.15) is 23.1 Å². The number of rotatable bonds is 9. The third-order valence-electron chi connectivity index (χ3n) is 4.39. The number of halogens is 1. The van der Waals surface area contributed by atoms with Gasteiger partial charge >= 0.3 is 0 Å². The van der Waals surface area contributed by atoms with Crippen molar-refractivity contribution in [3.8, 4) is 5.75 Å². The van der Waals surface area contributed by atoms with Crippen LogP contribution >= 0.6 is 22.9 Å². The van der Waals surface area contributed by atoms with Crippen LogP contribution in [0.2, 0.25) is 5.02 Å². The number of ether oxygens (including phenoxy) is 1. The molecule has 0 fully saturated rings. The van der Waals surface area contributed by atoms with E-state index >= 15 is 0 Å². The van der Waals surface area contributed by atoms with Gasteiger partial charge < -0.3 is 15.4 Å². The molecule has 0 saturated heterocycles. The second-order valence-corrected chi connectivity index (χ2v) is 8.43. The SMILES string of the molecule is Cc1cc(C)cc(OCc2nc(C(=O)NCCCNC(=O)c3ccccc3Cl)cs2)c1. The Morgan fingerprint density at radius 3 is 2.42 bits per heavy atom. The second-order valence-electron chi connectivity index (χ2n) is 7.08. The maximum absolute atomic E-state index is 12.3. The molecule has 8 heteroatoms. The molecule has 2 amide bonds. The molecule has 0 atom stereocenters. The third-order valence-corrected chi connectivity index (χ3v) is 5.54. The molecule has 0 spiro atoms. The zero-order valence-electron chi connectivity index (χ0n) is 17.4. The Labute approximate surface area is 190 Å². The van der Waals surface area contributed by atoms with Crippen LogP contribution in [0.15, 0.2) is 47.8 Å². The summed E-state index contributed by atoms with van der Waals surface area (Å²) in [7, 11) is 0. The van der Waals surface area contributed by atoms with Gasteiger partial charge in [-0.15, -0.1) is 11.3 Å². The molecule has 0 saturated carbocycles. The van der Waals surface area contributed by atoms with Crippen molar-refractivity contribution in [2.75, 3.05) is 13.1 Å². The fourth-order valence-corrected chi connectivity index (χ4v) is 3.87. The zero-order chi connectivity index (χ0) is 22.2. The lowest BCUT2D eigenvalue weighted by molar-refractivity contribution is 0.0948. The summed E-state index contributed by atoms with van der Waals surface area (Å²) < 4.78 is 5.79. The summed E-state index contributed by atoms with van der Waals surface area (Å²) in [5, 5.41) is 8.47. The minimum atomic E-state index is -0.244. The highest BCUT2D eigenvalue weighted by Gasteiger charge is 2.12. The first-order chi connectivity index (χ1) is 14.9. The largest absolute Gasteiger partial charge is 0.486 e. The van der Waals surface area contributed by atoms with E-state index in [0.29, 0.717) is 42.4 Å². The number of amides is 2. The maximum Gasteiger partial charge on any atom is 0.270 e. The predicted octanol–water partition coefficient (Wildman–Crippen LogP) is 4.54. The molecule has 2 N–H and O–H groups in total. The molecule has 1 heterocycles. The maximum atomic E-state index is 12.3. The molecule has 3 aromatic rings. The average Bonchev–Trinajstić information content (AvgIpc) is 3.20. The van der Waals surface area contributed by atoms with E-state index < -0.39 is 0 Å². The van der Waals surface area contributed by atoms with Crippen molar-refractivity contribution in [2.45, 2.75) is 26.9 Å². The molecule has 0 unspecified atom stereocenters. The van der Waals surface area contributed by atoms with Gasteiger partial charge in [0.05, 0.1) is 10.6 Å². The van der Waals surface area contributed by atoms with Crippen molar-refractivity contribution >= 4 is 34.8 Å². The van der Waals surface area contributed by atoms with Crippen LogP contribution in [0, 0.1) is 13.8 Å². The number of aromatic nitrogens is 1. The number of hydrogen-bond donors (Lipinski definition) is 2. The van der Waals surface area contributed by atoms with Crippen LogP contribution in [0.3, 0.4) is 0 Å². The molecule has 6 nitrogen and oxygen atoms in total. The topological polar surface area (TPSA) is 80.3 Å². The molecule has 0 aliphatic carbocycles. The molecule has 0 bridgehead atoms. The summed E-state index contributed by atoms with van der Waals surface area (Å²) in [6, 6.07) is 12.9. The van der Waals surface area contributed by atoms with Crippen molar-refractivity contribution in [1.82, 2.24) is 15.6 Å². The summed E-state index contributed by atoms with van der Waals surface area (Å²) in [5.74, 6) is 0.314. The van der Waals surface area contributed by atoms with Crippen molar-refractivity contribution in [3.63, 3.8) is 0 Å². The third kappa shape index (κ3) is 6.80. The molecule has 1 aromatic heterocycles. The molecule has 31 heavy (non-hydrogen) atoms. The van der Waals surface area contributed by atoms with E-state index in [0.717, 1.165) is 21.9 Å². The van der Waals surface area contributed by atoms with Gasteiger partial charge in [-0.3, -0.25) is 9.59 Å². The van der Waals surface area contributed by atoms with Gasteiger partial charge in [0.2, 0.25) is 0 Å². The van der Waals surface area contributed by atoms with Crippen LogP contribution in [-0.2, 0) is 6.61 Å². The summed E-state index contributed by atoms with van der Waals surface area (Å²) in [5.41, 5.74) is 3.07. The summed E-state index contributed by atoms with van der Waals surface area (Å²) in [6.07, 6.45) is 0.592. The van der Waals surface area contributed by atoms with Gasteiger partial charge in [0, 0.05) is 18.5 Å². The van der Waals surface area contributed by atoms with E-state index in [1.165, 1.54) is 11.3 Å². The molecular weight excluding hydrogens is 434 g/mol. The van der Waals surface area contributed by atoms with E-state index in [1.807, 2.05) is 26.0 Å². The molecule has 0 aliphatic rings. The number of aryl methyl sites for hydroxylation is 2. The quantitative estimate of drug-likeness (QED) is 0.462. The van der Waals surface area contributed by atoms with Gasteiger partial charge in [-0.05, 0) is 55.7 Å². The number of nitrogens with zero attached hydrogens (tertiary/aromatic N) is 1. The summed E-state index contributed by atoms with van der Waals surface area (Å²) >= 11 is 7.39. The Balaban J connectivity index is 1.39. The first-order valence-corrected chi connectivity index (χ1v) is 11.1. The van der Waals surface area contributed by atoms with Crippen molar-refractivity contribution in [3.05, 3.63) is 80.3 Å². The van der Waals surface area contributed by atoms with Crippen LogP contribution < -0.4 is 15.4 Å². The van der Waals surface area contributed by atoms with E-state index in [9.17, 15) is 9.59 Å². The second kappa shape index (κ2) is 10.9. The highest BCUT2D eigenvalue weighted by molar-refractivity contribution is 7.09.